The number of anilines is 2. The molecule has 0 atom stereocenters. The summed E-state index contributed by atoms with van der Waals surface area (Å²) in [6.45, 7) is 0. The van der Waals surface area contributed by atoms with Crippen LogP contribution in [0, 0.1) is 11.6 Å². The quantitative estimate of drug-likeness (QED) is 0.870. The molecule has 1 N–H and O–H groups in total. The Morgan fingerprint density at radius 3 is 2.70 bits per heavy atom. The highest BCUT2D eigenvalue weighted by Gasteiger charge is 2.20. The molecule has 1 aromatic heterocycles. The molecular weight excluding hydrogens is 328 g/mol. The molecule has 1 saturated carbocycles. The van der Waals surface area contributed by atoms with Crippen LogP contribution in [0.1, 0.15) is 31.7 Å². The van der Waals surface area contributed by atoms with Crippen molar-refractivity contribution in [3.05, 3.63) is 40.6 Å². The molecule has 1 aromatic carbocycles. The first-order valence-corrected chi connectivity index (χ1v) is 7.39. The zero-order chi connectivity index (χ0) is 14.1. The Morgan fingerprint density at radius 1 is 1.25 bits per heavy atom. The molecule has 1 aliphatic carbocycles. The first-order chi connectivity index (χ1) is 9.65. The van der Waals surface area contributed by atoms with Gasteiger partial charge in [-0.25, -0.2) is 13.8 Å². The van der Waals surface area contributed by atoms with Crippen molar-refractivity contribution in [2.75, 3.05) is 5.32 Å². The number of aromatic nitrogens is 2. The summed E-state index contributed by atoms with van der Waals surface area (Å²) in [7, 11) is 0. The summed E-state index contributed by atoms with van der Waals surface area (Å²) in [5.74, 6) is -0.667. The van der Waals surface area contributed by atoms with E-state index in [9.17, 15) is 8.78 Å². The van der Waals surface area contributed by atoms with E-state index in [0.717, 1.165) is 18.9 Å². The fraction of sp³-hybridized carbons (Fsp3) is 0.357. The molecular formula is C14H14BrF2N3. The molecule has 20 heavy (non-hydrogen) atoms. The predicted molar refractivity (Wildman–Crippen MR) is 77.1 cm³/mol. The lowest BCUT2D eigenvalue weighted by atomic mass is 10.2. The van der Waals surface area contributed by atoms with Gasteiger partial charge < -0.3 is 9.88 Å². The molecule has 0 spiro atoms. The maximum atomic E-state index is 13.8. The van der Waals surface area contributed by atoms with E-state index < -0.39 is 11.6 Å². The Balaban J connectivity index is 1.90. The summed E-state index contributed by atoms with van der Waals surface area (Å²) >= 11 is 3.17. The maximum absolute atomic E-state index is 13.8. The number of hydrogen-bond donors (Lipinski definition) is 1. The van der Waals surface area contributed by atoms with Crippen LogP contribution in [0.25, 0.3) is 0 Å². The lowest BCUT2D eigenvalue weighted by molar-refractivity contribution is 0.524. The van der Waals surface area contributed by atoms with Gasteiger partial charge in [-0.3, -0.25) is 0 Å². The van der Waals surface area contributed by atoms with Crippen LogP contribution in [-0.2, 0) is 0 Å². The van der Waals surface area contributed by atoms with E-state index in [4.69, 9.17) is 0 Å². The van der Waals surface area contributed by atoms with Crippen molar-refractivity contribution in [1.29, 1.82) is 0 Å². The minimum absolute atomic E-state index is 0.205. The molecule has 0 amide bonds. The highest BCUT2D eigenvalue weighted by Crippen LogP contribution is 2.34. The fourth-order valence-corrected chi connectivity index (χ4v) is 3.17. The lowest BCUT2D eigenvalue weighted by Gasteiger charge is -2.16. The van der Waals surface area contributed by atoms with Gasteiger partial charge in [0.2, 0.25) is 5.95 Å². The number of halogens is 3. The van der Waals surface area contributed by atoms with E-state index in [1.54, 1.807) is 6.20 Å². The van der Waals surface area contributed by atoms with E-state index in [1.807, 2.05) is 10.8 Å². The molecule has 1 aliphatic rings. The molecule has 0 aliphatic heterocycles. The van der Waals surface area contributed by atoms with E-state index >= 15 is 0 Å². The fourth-order valence-electron chi connectivity index (χ4n) is 2.66. The Hall–Kier alpha value is -1.43. The molecule has 6 heteroatoms. The normalized spacial score (nSPS) is 15.8. The van der Waals surface area contributed by atoms with E-state index in [2.05, 4.69) is 26.2 Å². The molecule has 0 unspecified atom stereocenters. The van der Waals surface area contributed by atoms with Gasteiger partial charge in [-0.15, -0.1) is 0 Å². The van der Waals surface area contributed by atoms with Gasteiger partial charge in [0.15, 0.2) is 5.82 Å². The summed E-state index contributed by atoms with van der Waals surface area (Å²) in [6.07, 6.45) is 8.22. The average molecular weight is 342 g/mol. The third kappa shape index (κ3) is 2.57. The van der Waals surface area contributed by atoms with Crippen LogP contribution in [0.15, 0.2) is 29.0 Å². The van der Waals surface area contributed by atoms with Crippen molar-refractivity contribution in [3.8, 4) is 0 Å². The molecule has 0 radical (unpaired) electrons. The van der Waals surface area contributed by atoms with Crippen LogP contribution in [0.5, 0.6) is 0 Å². The third-order valence-electron chi connectivity index (χ3n) is 3.63. The van der Waals surface area contributed by atoms with Crippen molar-refractivity contribution in [1.82, 2.24) is 9.55 Å². The van der Waals surface area contributed by atoms with Crippen LogP contribution in [-0.4, -0.2) is 9.55 Å². The SMILES string of the molecule is Fc1cc(F)c(Nc2nccn2C2CCCC2)c(Br)c1. The van der Waals surface area contributed by atoms with Crippen molar-refractivity contribution in [2.45, 2.75) is 31.7 Å². The standard InChI is InChI=1S/C14H14BrF2N3/c15-11-7-9(16)8-12(17)13(11)19-14-18-5-6-20(14)10-3-1-2-4-10/h5-8,10H,1-4H2,(H,18,19). The molecule has 0 bridgehead atoms. The Labute approximate surface area is 124 Å². The minimum Gasteiger partial charge on any atom is -0.322 e. The minimum atomic E-state index is -0.641. The van der Waals surface area contributed by atoms with E-state index in [1.165, 1.54) is 18.9 Å². The average Bonchev–Trinajstić information content (AvgIpc) is 3.04. The summed E-state index contributed by atoms with van der Waals surface area (Å²) in [6, 6.07) is 2.49. The predicted octanol–water partition coefficient (Wildman–Crippen LogP) is 4.78. The summed E-state index contributed by atoms with van der Waals surface area (Å²) in [5.41, 5.74) is 0.205. The van der Waals surface area contributed by atoms with Crippen LogP contribution in [0.4, 0.5) is 20.4 Å². The smallest absolute Gasteiger partial charge is 0.207 e. The van der Waals surface area contributed by atoms with E-state index in [0.29, 0.717) is 16.5 Å². The summed E-state index contributed by atoms with van der Waals surface area (Å²) in [4.78, 5) is 4.23. The zero-order valence-corrected chi connectivity index (χ0v) is 12.3. The molecule has 0 saturated heterocycles. The zero-order valence-electron chi connectivity index (χ0n) is 10.7. The third-order valence-corrected chi connectivity index (χ3v) is 4.26. The van der Waals surface area contributed by atoms with Gasteiger partial charge in [0, 0.05) is 29.0 Å². The second kappa shape index (κ2) is 5.52. The number of benzene rings is 1. The molecule has 1 heterocycles. The number of hydrogen-bond acceptors (Lipinski definition) is 2. The van der Waals surface area contributed by atoms with Gasteiger partial charge in [-0.05, 0) is 34.8 Å². The number of imidazole rings is 1. The van der Waals surface area contributed by atoms with Gasteiger partial charge in [-0.1, -0.05) is 12.8 Å². The van der Waals surface area contributed by atoms with Crippen LogP contribution in [0.2, 0.25) is 0 Å². The lowest BCUT2D eigenvalue weighted by Crippen LogP contribution is -2.09. The molecule has 3 nitrogen and oxygen atoms in total. The Morgan fingerprint density at radius 2 is 2.00 bits per heavy atom. The van der Waals surface area contributed by atoms with Crippen LogP contribution >= 0.6 is 15.9 Å². The van der Waals surface area contributed by atoms with Gasteiger partial charge in [-0.2, -0.15) is 0 Å². The first kappa shape index (κ1) is 13.5. The van der Waals surface area contributed by atoms with Crippen molar-refractivity contribution in [2.24, 2.45) is 0 Å². The van der Waals surface area contributed by atoms with Crippen LogP contribution < -0.4 is 5.32 Å². The number of nitrogens with zero attached hydrogens (tertiary/aromatic N) is 2. The Kier molecular flexibility index (Phi) is 3.74. The second-order valence-corrected chi connectivity index (χ2v) is 5.82. The highest BCUT2D eigenvalue weighted by molar-refractivity contribution is 9.10. The van der Waals surface area contributed by atoms with Crippen molar-refractivity contribution < 1.29 is 8.78 Å². The van der Waals surface area contributed by atoms with Crippen molar-refractivity contribution in [3.63, 3.8) is 0 Å². The monoisotopic (exact) mass is 341 g/mol. The molecule has 106 valence electrons. The van der Waals surface area contributed by atoms with Gasteiger partial charge in [0.1, 0.15) is 5.82 Å². The molecule has 3 rings (SSSR count). The van der Waals surface area contributed by atoms with E-state index in [-0.39, 0.29) is 5.69 Å². The summed E-state index contributed by atoms with van der Waals surface area (Å²) in [5, 5.41) is 2.96. The second-order valence-electron chi connectivity index (χ2n) is 4.97. The summed E-state index contributed by atoms with van der Waals surface area (Å²) < 4.78 is 29.3. The number of rotatable bonds is 3. The highest BCUT2D eigenvalue weighted by atomic mass is 79.9. The largest absolute Gasteiger partial charge is 0.322 e. The first-order valence-electron chi connectivity index (χ1n) is 6.59. The van der Waals surface area contributed by atoms with Gasteiger partial charge >= 0.3 is 0 Å². The molecule has 2 aromatic rings. The maximum Gasteiger partial charge on any atom is 0.207 e. The Bertz CT molecular complexity index is 598. The molecule has 1 fully saturated rings. The van der Waals surface area contributed by atoms with Gasteiger partial charge in [0.05, 0.1) is 5.69 Å². The van der Waals surface area contributed by atoms with Crippen molar-refractivity contribution >= 4 is 27.6 Å². The topological polar surface area (TPSA) is 29.9 Å². The van der Waals surface area contributed by atoms with Crippen LogP contribution in [0.3, 0.4) is 0 Å². The van der Waals surface area contributed by atoms with Gasteiger partial charge in [0.25, 0.3) is 0 Å². The number of nitrogens with one attached hydrogen (secondary N) is 1.